The second-order valence-electron chi connectivity index (χ2n) is 2.98. The molecule has 0 aliphatic rings. The van der Waals surface area contributed by atoms with Gasteiger partial charge in [0.25, 0.3) is 12.1 Å². The smallest absolute Gasteiger partial charge is 0.288 e. The maximum atomic E-state index is 12.5. The second kappa shape index (κ2) is 4.52. The fraction of sp³-hybridized carbons (Fsp3) is 0.222. The lowest BCUT2D eigenvalue weighted by Crippen LogP contribution is -2.04. The first kappa shape index (κ1) is 12.5. The largest absolute Gasteiger partial charge is 0.294 e. The highest BCUT2D eigenvalue weighted by atomic mass is 35.5. The molecule has 0 fully saturated rings. The van der Waals surface area contributed by atoms with Crippen molar-refractivity contribution in [3.05, 3.63) is 38.4 Å². The van der Waals surface area contributed by atoms with E-state index in [1.54, 1.807) is 0 Å². The Kier molecular flexibility index (Phi) is 3.54. The van der Waals surface area contributed by atoms with Crippen molar-refractivity contribution in [2.75, 3.05) is 0 Å². The van der Waals surface area contributed by atoms with Gasteiger partial charge in [0.1, 0.15) is 5.02 Å². The molecule has 16 heavy (non-hydrogen) atoms. The van der Waals surface area contributed by atoms with Crippen LogP contribution >= 0.6 is 11.6 Å². The third-order valence-corrected chi connectivity index (χ3v) is 2.32. The van der Waals surface area contributed by atoms with Crippen LogP contribution in [0, 0.1) is 10.1 Å². The number of carbonyl (C=O) groups excluding carboxylic acids is 1. The highest BCUT2D eigenvalue weighted by Gasteiger charge is 2.25. The van der Waals surface area contributed by atoms with E-state index in [0.717, 1.165) is 19.1 Å². The van der Waals surface area contributed by atoms with Crippen LogP contribution < -0.4 is 0 Å². The minimum absolute atomic E-state index is 0.495. The van der Waals surface area contributed by atoms with E-state index in [2.05, 4.69) is 0 Å². The summed E-state index contributed by atoms with van der Waals surface area (Å²) in [6.07, 6.45) is -2.91. The first-order valence-electron chi connectivity index (χ1n) is 4.12. The van der Waals surface area contributed by atoms with E-state index >= 15 is 0 Å². The Morgan fingerprint density at radius 1 is 1.50 bits per heavy atom. The van der Waals surface area contributed by atoms with E-state index in [0.29, 0.717) is 0 Å². The molecule has 1 aromatic carbocycles. The van der Waals surface area contributed by atoms with E-state index in [9.17, 15) is 23.7 Å². The molecular weight excluding hydrogens is 244 g/mol. The Bertz CT molecular complexity index is 462. The molecule has 0 aliphatic carbocycles. The van der Waals surface area contributed by atoms with Gasteiger partial charge in [-0.2, -0.15) is 0 Å². The predicted molar refractivity (Wildman–Crippen MR) is 53.1 cm³/mol. The molecule has 0 saturated carbocycles. The molecule has 1 aromatic rings. The van der Waals surface area contributed by atoms with Crippen LogP contribution in [-0.4, -0.2) is 10.7 Å². The standard InChI is InChI=1S/C9H6ClF2NO3/c1-4(14)7-5(9(11)12)2-3-6(8(7)10)13(15)16/h2-3,9H,1H3. The van der Waals surface area contributed by atoms with Crippen LogP contribution in [0.5, 0.6) is 0 Å². The Balaban J connectivity index is 3.54. The fourth-order valence-electron chi connectivity index (χ4n) is 1.26. The molecule has 0 heterocycles. The number of Topliss-reactive ketones (excluding diaryl/α,β-unsaturated/α-hetero) is 1. The summed E-state index contributed by atoms with van der Waals surface area (Å²) >= 11 is 5.55. The van der Waals surface area contributed by atoms with E-state index in [4.69, 9.17) is 11.6 Å². The van der Waals surface area contributed by atoms with E-state index in [1.165, 1.54) is 0 Å². The first-order valence-corrected chi connectivity index (χ1v) is 4.50. The minimum atomic E-state index is -2.91. The van der Waals surface area contributed by atoms with Crippen molar-refractivity contribution in [3.63, 3.8) is 0 Å². The van der Waals surface area contributed by atoms with Crippen LogP contribution in [0.15, 0.2) is 12.1 Å². The van der Waals surface area contributed by atoms with Gasteiger partial charge in [-0.15, -0.1) is 0 Å². The number of halogens is 3. The molecule has 0 spiro atoms. The molecule has 0 N–H and O–H groups in total. The number of ketones is 1. The zero-order valence-corrected chi connectivity index (χ0v) is 8.79. The van der Waals surface area contributed by atoms with Crippen molar-refractivity contribution in [1.29, 1.82) is 0 Å². The van der Waals surface area contributed by atoms with Gasteiger partial charge in [-0.3, -0.25) is 14.9 Å². The average Bonchev–Trinajstić information content (AvgIpc) is 2.15. The van der Waals surface area contributed by atoms with Crippen LogP contribution in [0.3, 0.4) is 0 Å². The predicted octanol–water partition coefficient (Wildman–Crippen LogP) is 3.39. The van der Waals surface area contributed by atoms with Gasteiger partial charge < -0.3 is 0 Å². The maximum Gasteiger partial charge on any atom is 0.288 e. The third kappa shape index (κ3) is 2.16. The van der Waals surface area contributed by atoms with Gasteiger partial charge >= 0.3 is 0 Å². The van der Waals surface area contributed by atoms with Crippen LogP contribution in [0.25, 0.3) is 0 Å². The summed E-state index contributed by atoms with van der Waals surface area (Å²) < 4.78 is 25.0. The number of benzene rings is 1. The molecule has 4 nitrogen and oxygen atoms in total. The molecule has 86 valence electrons. The normalized spacial score (nSPS) is 10.6. The summed E-state index contributed by atoms with van der Waals surface area (Å²) in [5.74, 6) is -0.732. The van der Waals surface area contributed by atoms with Crippen molar-refractivity contribution in [2.24, 2.45) is 0 Å². The van der Waals surface area contributed by atoms with Gasteiger partial charge in [0.05, 0.1) is 10.5 Å². The summed E-state index contributed by atoms with van der Waals surface area (Å²) in [7, 11) is 0. The summed E-state index contributed by atoms with van der Waals surface area (Å²) in [4.78, 5) is 20.8. The first-order chi connectivity index (χ1) is 7.36. The van der Waals surface area contributed by atoms with Gasteiger partial charge in [0.15, 0.2) is 5.78 Å². The molecule has 0 radical (unpaired) electrons. The van der Waals surface area contributed by atoms with E-state index in [1.807, 2.05) is 0 Å². The SMILES string of the molecule is CC(=O)c1c(C(F)F)ccc([N+](=O)[O-])c1Cl. The Morgan fingerprint density at radius 2 is 2.06 bits per heavy atom. The minimum Gasteiger partial charge on any atom is -0.294 e. The molecule has 0 aliphatic heterocycles. The molecule has 0 bridgehead atoms. The summed E-state index contributed by atoms with van der Waals surface area (Å²) in [6.45, 7) is 1.02. The second-order valence-corrected chi connectivity index (χ2v) is 3.35. The van der Waals surface area contributed by atoms with Gasteiger partial charge in [-0.1, -0.05) is 11.6 Å². The molecule has 7 heteroatoms. The van der Waals surface area contributed by atoms with Crippen LogP contribution in [0.4, 0.5) is 14.5 Å². The molecular formula is C9H6ClF2NO3. The topological polar surface area (TPSA) is 60.2 Å². The molecule has 1 rings (SSSR count). The zero-order chi connectivity index (χ0) is 12.5. The molecule has 0 saturated heterocycles. The van der Waals surface area contributed by atoms with Crippen molar-refractivity contribution >= 4 is 23.1 Å². The van der Waals surface area contributed by atoms with Crippen LogP contribution in [0.1, 0.15) is 29.3 Å². The maximum absolute atomic E-state index is 12.5. The Labute approximate surface area is 94.0 Å². The summed E-state index contributed by atoms with van der Waals surface area (Å²) in [6, 6.07) is 1.70. The van der Waals surface area contributed by atoms with Gasteiger partial charge in [0.2, 0.25) is 0 Å². The van der Waals surface area contributed by atoms with E-state index in [-0.39, 0.29) is 0 Å². The Hall–Kier alpha value is -1.56. The quantitative estimate of drug-likeness (QED) is 0.469. The summed E-state index contributed by atoms with van der Waals surface area (Å²) in [5, 5.41) is 9.95. The fourth-order valence-corrected chi connectivity index (χ4v) is 1.63. The van der Waals surface area contributed by atoms with Gasteiger partial charge in [-0.25, -0.2) is 8.78 Å². The average molecular weight is 250 g/mol. The van der Waals surface area contributed by atoms with Gasteiger partial charge in [-0.05, 0) is 13.0 Å². The van der Waals surface area contributed by atoms with Gasteiger partial charge in [0, 0.05) is 11.6 Å². The number of hydrogen-bond acceptors (Lipinski definition) is 3. The van der Waals surface area contributed by atoms with Crippen molar-refractivity contribution in [2.45, 2.75) is 13.3 Å². The highest BCUT2D eigenvalue weighted by Crippen LogP contribution is 2.35. The number of nitrogens with zero attached hydrogens (tertiary/aromatic N) is 1. The van der Waals surface area contributed by atoms with Crippen molar-refractivity contribution in [1.82, 2.24) is 0 Å². The number of rotatable bonds is 3. The lowest BCUT2D eigenvalue weighted by Gasteiger charge is -2.07. The third-order valence-electron chi connectivity index (χ3n) is 1.94. The van der Waals surface area contributed by atoms with Crippen molar-refractivity contribution in [3.8, 4) is 0 Å². The monoisotopic (exact) mass is 249 g/mol. The molecule has 0 amide bonds. The number of nitro groups is 1. The number of alkyl halides is 2. The van der Waals surface area contributed by atoms with Crippen LogP contribution in [0.2, 0.25) is 5.02 Å². The summed E-state index contributed by atoms with van der Waals surface area (Å²) in [5.41, 5.74) is -1.65. The molecule has 0 aromatic heterocycles. The zero-order valence-electron chi connectivity index (χ0n) is 8.04. The lowest BCUT2D eigenvalue weighted by atomic mass is 10.0. The number of carbonyl (C=O) groups is 1. The van der Waals surface area contributed by atoms with Crippen LogP contribution in [-0.2, 0) is 0 Å². The van der Waals surface area contributed by atoms with Crippen molar-refractivity contribution < 1.29 is 18.5 Å². The molecule has 0 unspecified atom stereocenters. The number of hydrogen-bond donors (Lipinski definition) is 0. The number of nitro benzene ring substituents is 1. The lowest BCUT2D eigenvalue weighted by molar-refractivity contribution is -0.384. The molecule has 0 atom stereocenters. The van der Waals surface area contributed by atoms with E-state index < -0.39 is 39.0 Å². The highest BCUT2D eigenvalue weighted by molar-refractivity contribution is 6.36. The Morgan fingerprint density at radius 3 is 2.44 bits per heavy atom.